The lowest BCUT2D eigenvalue weighted by Crippen LogP contribution is -2.27. The SMILES string of the molecule is CC(C)(C)OC(=O)n1ncc2ccc(NC(=O)c3cc(NS(C)(=O)=O)ccc3NC(=O)c3ccc(C(C)(C)C)cc3)cc21. The van der Waals surface area contributed by atoms with Crippen LogP contribution in [0.25, 0.3) is 10.9 Å². The third-order valence-electron chi connectivity index (χ3n) is 6.22. The highest BCUT2D eigenvalue weighted by molar-refractivity contribution is 7.92. The van der Waals surface area contributed by atoms with E-state index in [2.05, 4.69) is 41.2 Å². The van der Waals surface area contributed by atoms with Gasteiger partial charge in [0.25, 0.3) is 11.8 Å². The number of ether oxygens (including phenoxy) is 1. The summed E-state index contributed by atoms with van der Waals surface area (Å²) < 4.78 is 32.6. The Morgan fingerprint density at radius 2 is 1.47 bits per heavy atom. The summed E-state index contributed by atoms with van der Waals surface area (Å²) in [7, 11) is -3.64. The Bertz CT molecular complexity index is 1810. The second-order valence-electron chi connectivity index (χ2n) is 12.2. The minimum atomic E-state index is -3.64. The average Bonchev–Trinajstić information content (AvgIpc) is 3.31. The highest BCUT2D eigenvalue weighted by Crippen LogP contribution is 2.27. The van der Waals surface area contributed by atoms with Gasteiger partial charge in [-0.1, -0.05) is 32.9 Å². The molecule has 0 unspecified atom stereocenters. The van der Waals surface area contributed by atoms with E-state index < -0.39 is 33.5 Å². The largest absolute Gasteiger partial charge is 0.442 e. The summed E-state index contributed by atoms with van der Waals surface area (Å²) in [5.74, 6) is -1.07. The number of fused-ring (bicyclic) bond motifs is 1. The van der Waals surface area contributed by atoms with Gasteiger partial charge in [0.15, 0.2) is 0 Å². The third kappa shape index (κ3) is 7.98. The number of carbonyl (C=O) groups excluding carboxylic acids is 3. The van der Waals surface area contributed by atoms with Crippen molar-refractivity contribution in [3.05, 3.63) is 83.6 Å². The normalized spacial score (nSPS) is 12.1. The number of hydrogen-bond acceptors (Lipinski definition) is 7. The highest BCUT2D eigenvalue weighted by atomic mass is 32.2. The fourth-order valence-electron chi connectivity index (χ4n) is 4.18. The summed E-state index contributed by atoms with van der Waals surface area (Å²) in [6, 6.07) is 16.3. The summed E-state index contributed by atoms with van der Waals surface area (Å²) in [4.78, 5) is 39.4. The zero-order valence-electron chi connectivity index (χ0n) is 25.1. The number of nitrogens with one attached hydrogen (secondary N) is 3. The van der Waals surface area contributed by atoms with Crippen molar-refractivity contribution in [2.75, 3.05) is 21.6 Å². The molecule has 226 valence electrons. The Balaban J connectivity index is 1.65. The van der Waals surface area contributed by atoms with Gasteiger partial charge in [-0.15, -0.1) is 0 Å². The first-order valence-corrected chi connectivity index (χ1v) is 15.3. The van der Waals surface area contributed by atoms with Crippen molar-refractivity contribution in [2.45, 2.75) is 52.6 Å². The number of rotatable bonds is 6. The van der Waals surface area contributed by atoms with Gasteiger partial charge < -0.3 is 15.4 Å². The number of carbonyl (C=O) groups is 3. The second kappa shape index (κ2) is 11.5. The van der Waals surface area contributed by atoms with E-state index in [1.54, 1.807) is 51.1 Å². The van der Waals surface area contributed by atoms with Gasteiger partial charge in [-0.2, -0.15) is 9.78 Å². The zero-order chi connectivity index (χ0) is 31.7. The Labute approximate surface area is 250 Å². The number of amides is 2. The molecule has 0 aliphatic rings. The predicted molar refractivity (Wildman–Crippen MR) is 167 cm³/mol. The van der Waals surface area contributed by atoms with Crippen LogP contribution in [-0.2, 0) is 20.2 Å². The molecule has 1 heterocycles. The lowest BCUT2D eigenvalue weighted by atomic mass is 9.86. The summed E-state index contributed by atoms with van der Waals surface area (Å²) >= 11 is 0. The van der Waals surface area contributed by atoms with E-state index in [-0.39, 0.29) is 22.4 Å². The molecule has 0 fully saturated rings. The van der Waals surface area contributed by atoms with Crippen LogP contribution < -0.4 is 15.4 Å². The molecule has 1 aromatic heterocycles. The van der Waals surface area contributed by atoms with Gasteiger partial charge in [-0.3, -0.25) is 14.3 Å². The maximum Gasteiger partial charge on any atom is 0.435 e. The van der Waals surface area contributed by atoms with E-state index in [1.807, 2.05) is 12.1 Å². The predicted octanol–water partition coefficient (Wildman–Crippen LogP) is 5.99. The quantitative estimate of drug-likeness (QED) is 0.244. The zero-order valence-corrected chi connectivity index (χ0v) is 25.9. The van der Waals surface area contributed by atoms with Crippen LogP contribution in [0, 0.1) is 0 Å². The molecule has 0 spiro atoms. The molecule has 0 atom stereocenters. The Kier molecular flexibility index (Phi) is 8.37. The van der Waals surface area contributed by atoms with Crippen LogP contribution in [0.2, 0.25) is 0 Å². The van der Waals surface area contributed by atoms with Crippen LogP contribution in [-0.4, -0.2) is 48.0 Å². The standard InChI is InChI=1S/C31H35N5O6S/c1-30(2,3)21-11-8-19(9-12-21)27(37)34-25-15-14-23(35-43(7,40)41)16-24(25)28(38)33-22-13-10-20-18-32-36(26(20)17-22)29(39)42-31(4,5)6/h8-18,35H,1-7H3,(H,33,38)(H,34,37). The van der Waals surface area contributed by atoms with E-state index in [1.165, 1.54) is 24.4 Å². The first-order valence-electron chi connectivity index (χ1n) is 13.5. The highest BCUT2D eigenvalue weighted by Gasteiger charge is 2.22. The topological polar surface area (TPSA) is 148 Å². The van der Waals surface area contributed by atoms with Gasteiger partial charge >= 0.3 is 6.09 Å². The molecule has 0 aliphatic heterocycles. The Morgan fingerprint density at radius 1 is 0.814 bits per heavy atom. The van der Waals surface area contributed by atoms with Gasteiger partial charge in [0, 0.05) is 22.3 Å². The first kappa shape index (κ1) is 31.2. The molecule has 0 aliphatic carbocycles. The molecular formula is C31H35N5O6S. The molecule has 0 saturated heterocycles. The number of nitrogens with zero attached hydrogens (tertiary/aromatic N) is 2. The molecule has 4 aromatic rings. The molecule has 43 heavy (non-hydrogen) atoms. The fraction of sp³-hybridized carbons (Fsp3) is 0.290. The van der Waals surface area contributed by atoms with Gasteiger partial charge in [-0.05, 0) is 80.3 Å². The van der Waals surface area contributed by atoms with Crippen molar-refractivity contribution in [2.24, 2.45) is 0 Å². The number of sulfonamides is 1. The molecule has 3 N–H and O–H groups in total. The summed E-state index contributed by atoms with van der Waals surface area (Å²) in [5.41, 5.74) is 1.68. The second-order valence-corrected chi connectivity index (χ2v) is 13.9. The monoisotopic (exact) mass is 605 g/mol. The number of aromatic nitrogens is 2. The van der Waals surface area contributed by atoms with E-state index in [0.29, 0.717) is 22.2 Å². The molecule has 0 radical (unpaired) electrons. The van der Waals surface area contributed by atoms with Crippen LogP contribution in [0.3, 0.4) is 0 Å². The molecule has 0 saturated carbocycles. The first-order chi connectivity index (χ1) is 19.9. The Hall–Kier alpha value is -4.71. The van der Waals surface area contributed by atoms with Crippen LogP contribution in [0.1, 0.15) is 67.8 Å². The molecule has 2 amide bonds. The maximum absolute atomic E-state index is 13.6. The summed E-state index contributed by atoms with van der Waals surface area (Å²) in [6.45, 7) is 11.4. The van der Waals surface area contributed by atoms with E-state index in [0.717, 1.165) is 16.5 Å². The molecule has 11 nitrogen and oxygen atoms in total. The van der Waals surface area contributed by atoms with Crippen LogP contribution in [0.15, 0.2) is 66.9 Å². The van der Waals surface area contributed by atoms with Crippen LogP contribution in [0.5, 0.6) is 0 Å². The lowest BCUT2D eigenvalue weighted by Gasteiger charge is -2.19. The number of benzene rings is 3. The van der Waals surface area contributed by atoms with Crippen molar-refractivity contribution >= 4 is 55.9 Å². The van der Waals surface area contributed by atoms with Crippen molar-refractivity contribution in [3.8, 4) is 0 Å². The van der Waals surface area contributed by atoms with Gasteiger partial charge in [0.05, 0.1) is 29.2 Å². The molecule has 0 bridgehead atoms. The minimum Gasteiger partial charge on any atom is -0.442 e. The van der Waals surface area contributed by atoms with Crippen LogP contribution in [0.4, 0.5) is 21.9 Å². The van der Waals surface area contributed by atoms with Gasteiger partial charge in [-0.25, -0.2) is 13.2 Å². The fourth-order valence-corrected chi connectivity index (χ4v) is 4.74. The number of hydrogen-bond donors (Lipinski definition) is 3. The third-order valence-corrected chi connectivity index (χ3v) is 6.83. The lowest BCUT2D eigenvalue weighted by molar-refractivity contribution is 0.0522. The maximum atomic E-state index is 13.6. The van der Waals surface area contributed by atoms with Gasteiger partial charge in [0.2, 0.25) is 10.0 Å². The van der Waals surface area contributed by atoms with E-state index in [9.17, 15) is 22.8 Å². The van der Waals surface area contributed by atoms with Crippen LogP contribution >= 0.6 is 0 Å². The summed E-state index contributed by atoms with van der Waals surface area (Å²) in [6.07, 6.45) is 1.82. The number of anilines is 3. The molecule has 12 heteroatoms. The smallest absolute Gasteiger partial charge is 0.435 e. The Morgan fingerprint density at radius 3 is 2.07 bits per heavy atom. The molecule has 4 rings (SSSR count). The molecular weight excluding hydrogens is 570 g/mol. The minimum absolute atomic E-state index is 0.00839. The van der Waals surface area contributed by atoms with E-state index in [4.69, 9.17) is 4.74 Å². The van der Waals surface area contributed by atoms with E-state index >= 15 is 0 Å². The average molecular weight is 606 g/mol. The van der Waals surface area contributed by atoms with Gasteiger partial charge in [0.1, 0.15) is 5.60 Å². The van der Waals surface area contributed by atoms with Crippen molar-refractivity contribution in [1.82, 2.24) is 9.78 Å². The summed E-state index contributed by atoms with van der Waals surface area (Å²) in [5, 5.41) is 10.3. The van der Waals surface area contributed by atoms with Crippen molar-refractivity contribution in [3.63, 3.8) is 0 Å². The van der Waals surface area contributed by atoms with Crippen molar-refractivity contribution in [1.29, 1.82) is 0 Å². The van der Waals surface area contributed by atoms with Crippen molar-refractivity contribution < 1.29 is 27.5 Å². The molecule has 3 aromatic carbocycles.